The third-order valence-electron chi connectivity index (χ3n) is 7.36. The van der Waals surface area contributed by atoms with Gasteiger partial charge >= 0.3 is 6.61 Å². The van der Waals surface area contributed by atoms with Gasteiger partial charge in [0.05, 0.1) is 18.4 Å². The van der Waals surface area contributed by atoms with Gasteiger partial charge < -0.3 is 14.4 Å². The van der Waals surface area contributed by atoms with Gasteiger partial charge in [-0.2, -0.15) is 8.78 Å². The summed E-state index contributed by atoms with van der Waals surface area (Å²) >= 11 is 0. The third-order valence-corrected chi connectivity index (χ3v) is 7.36. The highest BCUT2D eigenvalue weighted by Crippen LogP contribution is 2.50. The van der Waals surface area contributed by atoms with E-state index in [1.165, 1.54) is 18.7 Å². The first kappa shape index (κ1) is 22.7. The van der Waals surface area contributed by atoms with Crippen molar-refractivity contribution < 1.29 is 18.3 Å². The Morgan fingerprint density at radius 3 is 2.67 bits per heavy atom. The molecule has 1 unspecified atom stereocenters. The van der Waals surface area contributed by atoms with Crippen molar-refractivity contribution >= 4 is 0 Å². The summed E-state index contributed by atoms with van der Waals surface area (Å²) in [5.74, 6) is 0.921. The lowest BCUT2D eigenvalue weighted by Crippen LogP contribution is -2.63. The molecule has 2 aromatic rings. The quantitative estimate of drug-likeness (QED) is 0.512. The number of fused-ring (bicyclic) bond motifs is 1. The Kier molecular flexibility index (Phi) is 6.63. The van der Waals surface area contributed by atoms with Gasteiger partial charge in [-0.15, -0.1) is 0 Å². The van der Waals surface area contributed by atoms with Crippen LogP contribution < -0.4 is 4.74 Å². The minimum atomic E-state index is -2.72. The summed E-state index contributed by atoms with van der Waals surface area (Å²) < 4.78 is 36.1. The molecule has 5 nitrogen and oxygen atoms in total. The number of pyridine rings is 1. The summed E-state index contributed by atoms with van der Waals surface area (Å²) in [6.45, 7) is 1.36. The van der Waals surface area contributed by atoms with E-state index in [0.29, 0.717) is 11.8 Å². The molecule has 3 heterocycles. The second-order valence-corrected chi connectivity index (χ2v) is 9.99. The Hall–Kier alpha value is -2.09. The van der Waals surface area contributed by atoms with E-state index in [-0.39, 0.29) is 18.8 Å². The number of benzene rings is 1. The molecule has 5 rings (SSSR count). The van der Waals surface area contributed by atoms with Gasteiger partial charge in [0.25, 0.3) is 0 Å². The summed E-state index contributed by atoms with van der Waals surface area (Å²) in [6, 6.07) is 12.5. The molecule has 1 aromatic heterocycles. The first-order valence-electron chi connectivity index (χ1n) is 12.0. The average molecular weight is 458 g/mol. The Morgan fingerprint density at radius 1 is 1.15 bits per heavy atom. The molecule has 1 atom stereocenters. The fraction of sp³-hybridized carbons (Fsp3) is 0.577. The molecular weight excluding hydrogens is 424 g/mol. The third kappa shape index (κ3) is 5.05. The van der Waals surface area contributed by atoms with E-state index in [2.05, 4.69) is 50.8 Å². The number of hydrogen-bond donors (Lipinski definition) is 0. The van der Waals surface area contributed by atoms with Crippen molar-refractivity contribution in [3.8, 4) is 5.75 Å². The summed E-state index contributed by atoms with van der Waals surface area (Å²) in [4.78, 5) is 9.49. The molecule has 1 saturated heterocycles. The van der Waals surface area contributed by atoms with Crippen LogP contribution >= 0.6 is 0 Å². The largest absolute Gasteiger partial charge is 0.490 e. The van der Waals surface area contributed by atoms with Gasteiger partial charge in [-0.05, 0) is 44.4 Å². The van der Waals surface area contributed by atoms with Crippen LogP contribution in [0.25, 0.3) is 0 Å². The van der Waals surface area contributed by atoms with Gasteiger partial charge in [0.1, 0.15) is 5.75 Å². The van der Waals surface area contributed by atoms with E-state index in [4.69, 9.17) is 4.74 Å². The molecular formula is C26H33F2N3O2. The predicted octanol–water partition coefficient (Wildman–Crippen LogP) is 4.67. The molecule has 7 heteroatoms. The molecule has 2 aliphatic heterocycles. The van der Waals surface area contributed by atoms with Crippen LogP contribution in [-0.2, 0) is 17.7 Å². The van der Waals surface area contributed by atoms with Crippen LogP contribution in [0.5, 0.6) is 5.75 Å². The van der Waals surface area contributed by atoms with Gasteiger partial charge in [-0.25, -0.2) is 0 Å². The maximum Gasteiger partial charge on any atom is 0.345 e. The maximum atomic E-state index is 12.5. The topological polar surface area (TPSA) is 37.8 Å². The molecule has 0 N–H and O–H groups in total. The summed E-state index contributed by atoms with van der Waals surface area (Å²) in [6.07, 6.45) is 6.47. The van der Waals surface area contributed by atoms with Gasteiger partial charge in [0.15, 0.2) is 0 Å². The van der Waals surface area contributed by atoms with Crippen LogP contribution in [0.1, 0.15) is 48.5 Å². The number of halogens is 2. The van der Waals surface area contributed by atoms with Crippen molar-refractivity contribution in [2.45, 2.75) is 57.4 Å². The van der Waals surface area contributed by atoms with E-state index in [9.17, 15) is 8.78 Å². The number of nitrogens with zero attached hydrogens (tertiary/aromatic N) is 3. The zero-order chi connectivity index (χ0) is 22.8. The molecule has 1 aromatic carbocycles. The van der Waals surface area contributed by atoms with E-state index >= 15 is 0 Å². The van der Waals surface area contributed by atoms with Crippen molar-refractivity contribution in [1.29, 1.82) is 0 Å². The highest BCUT2D eigenvalue weighted by Gasteiger charge is 2.52. The Labute approximate surface area is 194 Å². The van der Waals surface area contributed by atoms with Crippen molar-refractivity contribution in [3.05, 3.63) is 59.4 Å². The molecule has 2 fully saturated rings. The van der Waals surface area contributed by atoms with Gasteiger partial charge in [-0.3, -0.25) is 9.88 Å². The molecule has 178 valence electrons. The second-order valence-electron chi connectivity index (χ2n) is 9.99. The summed E-state index contributed by atoms with van der Waals surface area (Å²) in [5, 5.41) is 0. The van der Waals surface area contributed by atoms with Crippen molar-refractivity contribution in [2.75, 3.05) is 33.3 Å². The van der Waals surface area contributed by atoms with Gasteiger partial charge in [-0.1, -0.05) is 30.3 Å². The van der Waals surface area contributed by atoms with Crippen molar-refractivity contribution in [1.82, 2.24) is 14.8 Å². The zero-order valence-electron chi connectivity index (χ0n) is 19.3. The minimum Gasteiger partial charge on any atom is -0.490 e. The summed E-state index contributed by atoms with van der Waals surface area (Å²) in [5.41, 5.74) is 3.92. The lowest BCUT2D eigenvalue weighted by molar-refractivity contribution is -0.130. The normalized spacial score (nSPS) is 22.7. The van der Waals surface area contributed by atoms with Crippen LogP contribution in [-0.4, -0.2) is 60.8 Å². The Morgan fingerprint density at radius 2 is 1.94 bits per heavy atom. The number of aromatic nitrogens is 1. The second kappa shape index (κ2) is 9.65. The predicted molar refractivity (Wildman–Crippen MR) is 122 cm³/mol. The minimum absolute atomic E-state index is 0.0534. The van der Waals surface area contributed by atoms with Crippen molar-refractivity contribution in [3.63, 3.8) is 0 Å². The Balaban J connectivity index is 1.34. The van der Waals surface area contributed by atoms with Crippen LogP contribution in [0.3, 0.4) is 0 Å². The van der Waals surface area contributed by atoms with Crippen LogP contribution in [0.4, 0.5) is 8.78 Å². The molecule has 1 saturated carbocycles. The van der Waals surface area contributed by atoms with Gasteiger partial charge in [0, 0.05) is 55.8 Å². The molecule has 3 aliphatic rings. The standard InChI is InChI=1S/C26H33F2N3O2/c1-30-17-26(18-30)14-20(15-26)33-23-9-11-29-21-10-12-31(16-19-6-3-2-4-7-19)22(24(21)23)8-5-13-32-25(27)28/h2-4,6-7,9,11,20,22,25H,5,8,10,12-18H2,1H3. The highest BCUT2D eigenvalue weighted by atomic mass is 19.3. The fourth-order valence-electron chi connectivity index (χ4n) is 6.05. The van der Waals surface area contributed by atoms with E-state index in [1.54, 1.807) is 0 Å². The SMILES string of the molecule is CN1CC2(CC(Oc3ccnc4c3C(CCCOC(F)F)N(Cc3ccccc3)CC4)C2)C1. The number of alkyl halides is 2. The lowest BCUT2D eigenvalue weighted by atomic mass is 9.62. The van der Waals surface area contributed by atoms with Crippen molar-refractivity contribution in [2.24, 2.45) is 5.41 Å². The number of ether oxygens (including phenoxy) is 2. The fourth-order valence-corrected chi connectivity index (χ4v) is 6.05. The molecule has 1 spiro atoms. The molecule has 0 radical (unpaired) electrons. The van der Waals surface area contributed by atoms with Gasteiger partial charge in [0.2, 0.25) is 0 Å². The average Bonchev–Trinajstić information content (AvgIpc) is 2.76. The molecule has 0 bridgehead atoms. The first-order chi connectivity index (χ1) is 16.0. The molecule has 33 heavy (non-hydrogen) atoms. The summed E-state index contributed by atoms with van der Waals surface area (Å²) in [7, 11) is 2.17. The smallest absolute Gasteiger partial charge is 0.345 e. The van der Waals surface area contributed by atoms with Crippen LogP contribution in [0.15, 0.2) is 42.6 Å². The van der Waals surface area contributed by atoms with Crippen LogP contribution in [0, 0.1) is 5.41 Å². The van der Waals surface area contributed by atoms with E-state index < -0.39 is 6.61 Å². The number of likely N-dealkylation sites (tertiary alicyclic amines) is 1. The Bertz CT molecular complexity index is 928. The molecule has 1 aliphatic carbocycles. The molecule has 0 amide bonds. The maximum absolute atomic E-state index is 12.5. The number of hydrogen-bond acceptors (Lipinski definition) is 5. The lowest BCUT2D eigenvalue weighted by Gasteiger charge is -2.57. The first-order valence-corrected chi connectivity index (χ1v) is 12.0. The number of rotatable bonds is 9. The monoisotopic (exact) mass is 457 g/mol. The zero-order valence-corrected chi connectivity index (χ0v) is 19.3. The highest BCUT2D eigenvalue weighted by molar-refractivity contribution is 5.41. The van der Waals surface area contributed by atoms with E-state index in [1.807, 2.05) is 18.3 Å². The van der Waals surface area contributed by atoms with Crippen LogP contribution in [0.2, 0.25) is 0 Å². The van der Waals surface area contributed by atoms with E-state index in [0.717, 1.165) is 55.8 Å².